The van der Waals surface area contributed by atoms with Gasteiger partial charge in [0.05, 0.1) is 6.54 Å². The van der Waals surface area contributed by atoms with E-state index in [-0.39, 0.29) is 12.5 Å². The number of cyclic esters (lactones) is 1. The maximum atomic E-state index is 11.3. The Labute approximate surface area is 98.6 Å². The Bertz CT molecular complexity index is 427. The van der Waals surface area contributed by atoms with Crippen LogP contribution < -0.4 is 4.90 Å². The molecule has 5 heteroatoms. The predicted molar refractivity (Wildman–Crippen MR) is 61.1 cm³/mol. The topological polar surface area (TPSA) is 66.8 Å². The average molecular weight is 235 g/mol. The van der Waals surface area contributed by atoms with Gasteiger partial charge in [0.15, 0.2) is 0 Å². The zero-order valence-corrected chi connectivity index (χ0v) is 9.26. The predicted octanol–water partition coefficient (Wildman–Crippen LogP) is 1.66. The third-order valence-corrected chi connectivity index (χ3v) is 2.64. The van der Waals surface area contributed by atoms with Gasteiger partial charge in [-0.15, -0.1) is 0 Å². The number of carboxylic acid groups (broad SMARTS) is 1. The molecule has 1 aliphatic rings. The monoisotopic (exact) mass is 235 g/mol. The zero-order valence-electron chi connectivity index (χ0n) is 9.26. The van der Waals surface area contributed by atoms with Gasteiger partial charge in [0, 0.05) is 12.1 Å². The van der Waals surface area contributed by atoms with Crippen molar-refractivity contribution in [1.82, 2.24) is 0 Å². The molecule has 0 bridgehead atoms. The zero-order chi connectivity index (χ0) is 12.3. The number of aliphatic carboxylic acids is 1. The van der Waals surface area contributed by atoms with Gasteiger partial charge in [0.2, 0.25) is 0 Å². The maximum absolute atomic E-state index is 11.3. The molecule has 90 valence electrons. The number of aryl methyl sites for hydroxylation is 1. The van der Waals surface area contributed by atoms with E-state index in [9.17, 15) is 9.59 Å². The summed E-state index contributed by atoms with van der Waals surface area (Å²) in [5, 5.41) is 8.57. The molecule has 5 nitrogen and oxygen atoms in total. The van der Waals surface area contributed by atoms with E-state index in [2.05, 4.69) is 0 Å². The Morgan fingerprint density at radius 3 is 2.59 bits per heavy atom. The molecule has 1 aromatic rings. The highest BCUT2D eigenvalue weighted by molar-refractivity contribution is 5.89. The molecular formula is C12H13NO4. The van der Waals surface area contributed by atoms with Gasteiger partial charge in [-0.05, 0) is 24.1 Å². The van der Waals surface area contributed by atoms with Crippen LogP contribution in [0, 0.1) is 0 Å². The fourth-order valence-corrected chi connectivity index (χ4v) is 1.72. The summed E-state index contributed by atoms with van der Waals surface area (Å²) in [7, 11) is 0. The van der Waals surface area contributed by atoms with Crippen molar-refractivity contribution in [2.24, 2.45) is 0 Å². The minimum absolute atomic E-state index is 0.116. The van der Waals surface area contributed by atoms with Crippen LogP contribution in [-0.2, 0) is 16.0 Å². The number of benzene rings is 1. The van der Waals surface area contributed by atoms with Crippen molar-refractivity contribution in [2.75, 3.05) is 18.1 Å². The summed E-state index contributed by atoms with van der Waals surface area (Å²) >= 11 is 0. The second kappa shape index (κ2) is 4.86. The quantitative estimate of drug-likeness (QED) is 0.861. The summed E-state index contributed by atoms with van der Waals surface area (Å²) < 4.78 is 4.84. The highest BCUT2D eigenvalue weighted by atomic mass is 16.6. The first-order valence-corrected chi connectivity index (χ1v) is 5.42. The van der Waals surface area contributed by atoms with E-state index < -0.39 is 5.97 Å². The lowest BCUT2D eigenvalue weighted by atomic mass is 10.1. The van der Waals surface area contributed by atoms with E-state index in [0.717, 1.165) is 11.3 Å². The van der Waals surface area contributed by atoms with Crippen molar-refractivity contribution in [2.45, 2.75) is 12.8 Å². The van der Waals surface area contributed by atoms with E-state index in [1.54, 1.807) is 4.90 Å². The van der Waals surface area contributed by atoms with Crippen LogP contribution in [0.2, 0.25) is 0 Å². The Morgan fingerprint density at radius 2 is 2.06 bits per heavy atom. The van der Waals surface area contributed by atoms with Crippen LogP contribution in [0.5, 0.6) is 0 Å². The lowest BCUT2D eigenvalue weighted by Crippen LogP contribution is -2.23. The van der Waals surface area contributed by atoms with Crippen LogP contribution in [0.25, 0.3) is 0 Å². The normalized spacial score (nSPS) is 14.8. The van der Waals surface area contributed by atoms with Crippen LogP contribution in [0.4, 0.5) is 10.5 Å². The van der Waals surface area contributed by atoms with Gasteiger partial charge >= 0.3 is 12.1 Å². The van der Waals surface area contributed by atoms with Gasteiger partial charge in [-0.2, -0.15) is 0 Å². The third-order valence-electron chi connectivity index (χ3n) is 2.64. The molecule has 0 aromatic heterocycles. The first-order valence-electron chi connectivity index (χ1n) is 5.42. The number of ether oxygens (including phenoxy) is 1. The molecule has 1 fully saturated rings. The van der Waals surface area contributed by atoms with Crippen LogP contribution in [0.1, 0.15) is 12.0 Å². The fourth-order valence-electron chi connectivity index (χ4n) is 1.72. The number of carbonyl (C=O) groups is 2. The number of hydrogen-bond acceptors (Lipinski definition) is 3. The highest BCUT2D eigenvalue weighted by Crippen LogP contribution is 2.19. The fraction of sp³-hybridized carbons (Fsp3) is 0.333. The largest absolute Gasteiger partial charge is 0.481 e. The maximum Gasteiger partial charge on any atom is 0.414 e. The van der Waals surface area contributed by atoms with Crippen LogP contribution in [-0.4, -0.2) is 30.3 Å². The second-order valence-corrected chi connectivity index (χ2v) is 3.83. The van der Waals surface area contributed by atoms with E-state index >= 15 is 0 Å². The van der Waals surface area contributed by atoms with Gasteiger partial charge in [0.25, 0.3) is 0 Å². The number of hydrogen-bond donors (Lipinski definition) is 1. The standard InChI is InChI=1S/C12H13NO4/c14-11(15)6-3-9-1-4-10(5-2-9)13-7-8-17-12(13)16/h1-2,4-5H,3,6-8H2,(H,14,15). The Morgan fingerprint density at radius 1 is 1.35 bits per heavy atom. The lowest BCUT2D eigenvalue weighted by Gasteiger charge is -2.12. The molecule has 1 heterocycles. The van der Waals surface area contributed by atoms with Crippen molar-refractivity contribution < 1.29 is 19.4 Å². The summed E-state index contributed by atoms with van der Waals surface area (Å²) in [6.07, 6.45) is 0.286. The molecule has 17 heavy (non-hydrogen) atoms. The van der Waals surface area contributed by atoms with E-state index in [4.69, 9.17) is 9.84 Å². The van der Waals surface area contributed by atoms with Crippen molar-refractivity contribution >= 4 is 17.7 Å². The SMILES string of the molecule is O=C(O)CCc1ccc(N2CCOC2=O)cc1. The molecule has 0 atom stereocenters. The highest BCUT2D eigenvalue weighted by Gasteiger charge is 2.23. The second-order valence-electron chi connectivity index (χ2n) is 3.83. The van der Waals surface area contributed by atoms with E-state index in [0.29, 0.717) is 19.6 Å². The lowest BCUT2D eigenvalue weighted by molar-refractivity contribution is -0.136. The molecule has 0 unspecified atom stereocenters. The van der Waals surface area contributed by atoms with Crippen LogP contribution >= 0.6 is 0 Å². The minimum Gasteiger partial charge on any atom is -0.481 e. The molecule has 1 saturated heterocycles. The number of anilines is 1. The smallest absolute Gasteiger partial charge is 0.414 e. The van der Waals surface area contributed by atoms with E-state index in [1.807, 2.05) is 24.3 Å². The molecule has 2 rings (SSSR count). The first kappa shape index (κ1) is 11.4. The van der Waals surface area contributed by atoms with Gasteiger partial charge in [0.1, 0.15) is 6.61 Å². The molecule has 0 spiro atoms. The number of rotatable bonds is 4. The Balaban J connectivity index is 2.02. The van der Waals surface area contributed by atoms with E-state index in [1.165, 1.54) is 0 Å². The number of carbonyl (C=O) groups excluding carboxylic acids is 1. The summed E-state index contributed by atoms with van der Waals surface area (Å²) in [5.74, 6) is -0.808. The van der Waals surface area contributed by atoms with Crippen LogP contribution in [0.15, 0.2) is 24.3 Å². The molecule has 0 radical (unpaired) electrons. The van der Waals surface area contributed by atoms with Crippen molar-refractivity contribution in [1.29, 1.82) is 0 Å². The van der Waals surface area contributed by atoms with Gasteiger partial charge in [-0.25, -0.2) is 4.79 Å². The number of carboxylic acids is 1. The van der Waals surface area contributed by atoms with Gasteiger partial charge in [-0.1, -0.05) is 12.1 Å². The molecule has 1 aromatic carbocycles. The van der Waals surface area contributed by atoms with Crippen molar-refractivity contribution in [3.05, 3.63) is 29.8 Å². The molecule has 1 N–H and O–H groups in total. The molecule has 1 aliphatic heterocycles. The Hall–Kier alpha value is -2.04. The number of amides is 1. The summed E-state index contributed by atoms with van der Waals surface area (Å²) in [4.78, 5) is 23.3. The van der Waals surface area contributed by atoms with Crippen molar-refractivity contribution in [3.63, 3.8) is 0 Å². The number of nitrogens with zero attached hydrogens (tertiary/aromatic N) is 1. The average Bonchev–Trinajstić information content (AvgIpc) is 2.73. The van der Waals surface area contributed by atoms with Crippen LogP contribution in [0.3, 0.4) is 0 Å². The summed E-state index contributed by atoms with van der Waals surface area (Å²) in [6.45, 7) is 0.979. The summed E-state index contributed by atoms with van der Waals surface area (Å²) in [6, 6.07) is 7.29. The first-order chi connectivity index (χ1) is 8.16. The summed E-state index contributed by atoms with van der Waals surface area (Å²) in [5.41, 5.74) is 1.73. The molecular weight excluding hydrogens is 222 g/mol. The molecule has 1 amide bonds. The molecule has 0 saturated carbocycles. The Kier molecular flexibility index (Phi) is 3.27. The third kappa shape index (κ3) is 2.75. The molecule has 0 aliphatic carbocycles. The minimum atomic E-state index is -0.808. The van der Waals surface area contributed by atoms with Crippen molar-refractivity contribution in [3.8, 4) is 0 Å². The van der Waals surface area contributed by atoms with Gasteiger partial charge < -0.3 is 9.84 Å². The van der Waals surface area contributed by atoms with Gasteiger partial charge in [-0.3, -0.25) is 9.69 Å².